The molecule has 0 aliphatic heterocycles. The zero-order valence-electron chi connectivity index (χ0n) is 35.4. The lowest BCUT2D eigenvalue weighted by Gasteiger charge is -2.34. The second-order valence-corrected chi connectivity index (χ2v) is 16.3. The summed E-state index contributed by atoms with van der Waals surface area (Å²) in [5, 5.41) is 30.8. The fourth-order valence-corrected chi connectivity index (χ4v) is 6.32. The molecule has 0 aliphatic rings. The number of benzene rings is 2. The van der Waals surface area contributed by atoms with Crippen LogP contribution in [-0.2, 0) is 41.5 Å². The third-order valence-corrected chi connectivity index (χ3v) is 9.10. The molecule has 0 radical (unpaired) electrons. The van der Waals surface area contributed by atoms with Gasteiger partial charge in [-0.25, -0.2) is 4.79 Å². The number of likely N-dealkylation sites (N-methyl/N-ethyl adjacent to an activating group) is 1. The van der Waals surface area contributed by atoms with Crippen molar-refractivity contribution in [2.24, 2.45) is 11.8 Å². The third kappa shape index (κ3) is 18.0. The Morgan fingerprint density at radius 2 is 1.33 bits per heavy atom. The molecule has 0 heterocycles. The van der Waals surface area contributed by atoms with Gasteiger partial charge in [-0.1, -0.05) is 70.2 Å². The Labute approximate surface area is 338 Å². The van der Waals surface area contributed by atoms with Crippen LogP contribution < -0.4 is 20.7 Å². The van der Waals surface area contributed by atoms with E-state index in [-0.39, 0.29) is 44.1 Å². The molecule has 318 valence electrons. The van der Waals surface area contributed by atoms with E-state index in [1.165, 1.54) is 11.9 Å². The van der Waals surface area contributed by atoms with Crippen molar-refractivity contribution in [3.8, 4) is 5.75 Å². The Morgan fingerprint density at radius 1 is 0.754 bits per heavy atom. The molecule has 0 aliphatic carbocycles. The van der Waals surface area contributed by atoms with Gasteiger partial charge >= 0.3 is 12.1 Å². The average molecular weight is 799 g/mol. The summed E-state index contributed by atoms with van der Waals surface area (Å²) in [7, 11) is 3.04. The summed E-state index contributed by atoms with van der Waals surface area (Å²) in [5.74, 6) is -1.61. The second kappa shape index (κ2) is 23.5. The van der Waals surface area contributed by atoms with Crippen molar-refractivity contribution in [1.82, 2.24) is 20.9 Å². The number of alkyl carbamates (subject to hydrolysis) is 1. The highest BCUT2D eigenvalue weighted by molar-refractivity contribution is 5.91. The summed E-state index contributed by atoms with van der Waals surface area (Å²) >= 11 is 0. The van der Waals surface area contributed by atoms with Crippen LogP contribution >= 0.6 is 0 Å². The first-order valence-corrected chi connectivity index (χ1v) is 19.8. The second-order valence-electron chi connectivity index (χ2n) is 16.3. The smallest absolute Gasteiger partial charge is 0.408 e. The number of aliphatic hydroxyl groups excluding tert-OH is 2. The van der Waals surface area contributed by atoms with Gasteiger partial charge in [0.1, 0.15) is 23.4 Å². The van der Waals surface area contributed by atoms with Crippen molar-refractivity contribution in [1.29, 1.82) is 0 Å². The van der Waals surface area contributed by atoms with E-state index >= 15 is 0 Å². The quantitative estimate of drug-likeness (QED) is 0.107. The number of hydrogen-bond donors (Lipinski definition) is 5. The number of carbonyl (C=O) groups excluding carboxylic acids is 5. The summed E-state index contributed by atoms with van der Waals surface area (Å²) in [4.78, 5) is 68.4. The number of carbonyl (C=O) groups is 5. The lowest BCUT2D eigenvalue weighted by molar-refractivity contribution is -0.146. The van der Waals surface area contributed by atoms with Crippen LogP contribution in [0.1, 0.15) is 92.2 Å². The van der Waals surface area contributed by atoms with E-state index in [0.717, 1.165) is 11.1 Å². The number of aliphatic hydroxyl groups is 2. The maximum absolute atomic E-state index is 14.3. The maximum atomic E-state index is 14.3. The summed E-state index contributed by atoms with van der Waals surface area (Å²) in [6.07, 6.45) is -3.24. The lowest BCUT2D eigenvalue weighted by Crippen LogP contribution is -2.58. The molecule has 0 aromatic heterocycles. The van der Waals surface area contributed by atoms with Gasteiger partial charge in [-0.05, 0) is 82.1 Å². The van der Waals surface area contributed by atoms with E-state index in [4.69, 9.17) is 14.2 Å². The van der Waals surface area contributed by atoms with Crippen LogP contribution in [0.2, 0.25) is 0 Å². The van der Waals surface area contributed by atoms with Crippen molar-refractivity contribution in [3.63, 3.8) is 0 Å². The first-order chi connectivity index (χ1) is 26.7. The van der Waals surface area contributed by atoms with Gasteiger partial charge in [-0.3, -0.25) is 19.2 Å². The van der Waals surface area contributed by atoms with E-state index in [2.05, 4.69) is 16.0 Å². The SMILES string of the molecule is CCOC(=O)C[C@H](O)C(CC(C)C)NC(=O)C[C@H](O)[C@H](Cc1ccccc1)NC(=O)[C@H](CC(C)C)N(C)C(=O)[C@H](Cc1ccc(OC)cc1)NC(=O)OC(C)(C)C. The molecule has 0 spiro atoms. The van der Waals surface area contributed by atoms with Crippen molar-refractivity contribution >= 4 is 29.8 Å². The number of rotatable bonds is 22. The molecule has 2 aromatic rings. The molecule has 14 nitrogen and oxygen atoms in total. The van der Waals surface area contributed by atoms with Crippen LogP contribution in [0.15, 0.2) is 54.6 Å². The Kier molecular flexibility index (Phi) is 20.0. The highest BCUT2D eigenvalue weighted by Crippen LogP contribution is 2.19. The molecule has 0 saturated heterocycles. The first kappa shape index (κ1) is 48.5. The largest absolute Gasteiger partial charge is 0.497 e. The Hall–Kier alpha value is -4.69. The fraction of sp³-hybridized carbons (Fsp3) is 0.605. The molecule has 4 amide bonds. The average Bonchev–Trinajstić information content (AvgIpc) is 3.12. The summed E-state index contributed by atoms with van der Waals surface area (Å²) in [6, 6.07) is 12.3. The number of methoxy groups -OCH3 is 1. The van der Waals surface area contributed by atoms with Crippen LogP contribution in [0.4, 0.5) is 4.79 Å². The van der Waals surface area contributed by atoms with Gasteiger partial charge in [-0.15, -0.1) is 0 Å². The number of nitrogens with zero attached hydrogens (tertiary/aromatic N) is 1. The molecule has 0 fully saturated rings. The molecule has 2 rings (SSSR count). The topological polar surface area (TPSA) is 193 Å². The number of amides is 4. The third-order valence-electron chi connectivity index (χ3n) is 9.10. The monoisotopic (exact) mass is 798 g/mol. The zero-order valence-corrected chi connectivity index (χ0v) is 35.4. The van der Waals surface area contributed by atoms with E-state index in [0.29, 0.717) is 12.2 Å². The van der Waals surface area contributed by atoms with Crippen molar-refractivity contribution in [3.05, 3.63) is 65.7 Å². The first-order valence-electron chi connectivity index (χ1n) is 19.8. The normalized spacial score (nSPS) is 14.7. The molecule has 57 heavy (non-hydrogen) atoms. The molecule has 1 unspecified atom stereocenters. The van der Waals surface area contributed by atoms with Gasteiger partial charge < -0.3 is 45.3 Å². The Balaban J connectivity index is 2.39. The molecule has 0 saturated carbocycles. The minimum Gasteiger partial charge on any atom is -0.497 e. The highest BCUT2D eigenvalue weighted by Gasteiger charge is 2.36. The van der Waals surface area contributed by atoms with Gasteiger partial charge in [0.15, 0.2) is 0 Å². The number of nitrogens with one attached hydrogen (secondary N) is 3. The summed E-state index contributed by atoms with van der Waals surface area (Å²) < 4.78 is 15.7. The number of hydrogen-bond acceptors (Lipinski definition) is 10. The van der Waals surface area contributed by atoms with E-state index in [1.807, 2.05) is 58.0 Å². The number of esters is 1. The summed E-state index contributed by atoms with van der Waals surface area (Å²) in [5.41, 5.74) is 0.695. The predicted molar refractivity (Wildman–Crippen MR) is 217 cm³/mol. The molecular formula is C43H66N4O10. The van der Waals surface area contributed by atoms with Crippen molar-refractivity contribution < 1.29 is 48.4 Å². The molecule has 0 bridgehead atoms. The maximum Gasteiger partial charge on any atom is 0.408 e. The lowest BCUT2D eigenvalue weighted by atomic mass is 9.95. The van der Waals surface area contributed by atoms with E-state index in [1.54, 1.807) is 59.1 Å². The zero-order chi connectivity index (χ0) is 42.9. The van der Waals surface area contributed by atoms with Gasteiger partial charge in [-0.2, -0.15) is 0 Å². The van der Waals surface area contributed by atoms with Gasteiger partial charge in [0.2, 0.25) is 17.7 Å². The van der Waals surface area contributed by atoms with Gasteiger partial charge in [0.25, 0.3) is 0 Å². The Bertz CT molecular complexity index is 1560. The van der Waals surface area contributed by atoms with Crippen LogP contribution in [0, 0.1) is 11.8 Å². The van der Waals surface area contributed by atoms with Gasteiger partial charge in [0.05, 0.1) is 50.8 Å². The fourth-order valence-electron chi connectivity index (χ4n) is 6.32. The van der Waals surface area contributed by atoms with Crippen LogP contribution in [-0.4, -0.2) is 108 Å². The van der Waals surface area contributed by atoms with Crippen LogP contribution in [0.5, 0.6) is 5.75 Å². The minimum atomic E-state index is -1.38. The molecule has 6 atom stereocenters. The molecular weight excluding hydrogens is 732 g/mol. The molecule has 2 aromatic carbocycles. The van der Waals surface area contributed by atoms with Crippen LogP contribution in [0.25, 0.3) is 0 Å². The minimum absolute atomic E-state index is 0.0444. The number of ether oxygens (including phenoxy) is 3. The van der Waals surface area contributed by atoms with Gasteiger partial charge in [0, 0.05) is 13.5 Å². The Morgan fingerprint density at radius 3 is 1.88 bits per heavy atom. The highest BCUT2D eigenvalue weighted by atomic mass is 16.6. The predicted octanol–water partition coefficient (Wildman–Crippen LogP) is 4.33. The standard InChI is InChI=1S/C43H66N4O10/c1-11-56-39(51)26-37(49)32(21-27(2)3)44-38(50)25-36(48)33(23-29-15-13-12-14-16-29)45-40(52)35(22-28(4)5)47(9)41(53)34(46-42(54)57-43(6,7)8)24-30-17-19-31(55-10)20-18-30/h12-20,27-28,32-37,48-49H,11,21-26H2,1-10H3,(H,44,50)(H,45,52)(H,46,54)/t32?,33-,34-,35-,36-,37-/m0/s1. The van der Waals surface area contributed by atoms with E-state index in [9.17, 15) is 34.2 Å². The van der Waals surface area contributed by atoms with Crippen molar-refractivity contribution in [2.45, 2.75) is 136 Å². The molecule has 14 heteroatoms. The van der Waals surface area contributed by atoms with E-state index < -0.39 is 78.2 Å². The van der Waals surface area contributed by atoms with Crippen LogP contribution in [0.3, 0.4) is 0 Å². The molecule has 5 N–H and O–H groups in total. The summed E-state index contributed by atoms with van der Waals surface area (Å²) in [6.45, 7) is 14.6. The van der Waals surface area contributed by atoms with Crippen molar-refractivity contribution in [2.75, 3.05) is 20.8 Å².